The highest BCUT2D eigenvalue weighted by atomic mass is 16.5. The Labute approximate surface area is 108 Å². The molecule has 0 radical (unpaired) electrons. The number of hydrogen-bond acceptors (Lipinski definition) is 4. The van der Waals surface area contributed by atoms with E-state index >= 15 is 0 Å². The highest BCUT2D eigenvalue weighted by molar-refractivity contribution is 5.91. The summed E-state index contributed by atoms with van der Waals surface area (Å²) in [7, 11) is 1.74. The maximum absolute atomic E-state index is 12.4. The zero-order valence-corrected chi connectivity index (χ0v) is 11.6. The molecule has 2 amide bonds. The van der Waals surface area contributed by atoms with Gasteiger partial charge in [-0.15, -0.1) is 0 Å². The second-order valence-corrected chi connectivity index (χ2v) is 4.86. The van der Waals surface area contributed by atoms with Crippen molar-refractivity contribution in [2.24, 2.45) is 0 Å². The van der Waals surface area contributed by atoms with Crippen LogP contribution < -0.4 is 10.6 Å². The molecule has 0 aromatic rings. The number of amides is 2. The molecule has 6 nitrogen and oxygen atoms in total. The Morgan fingerprint density at radius 3 is 2.67 bits per heavy atom. The van der Waals surface area contributed by atoms with Gasteiger partial charge in [-0.25, -0.2) is 0 Å². The lowest BCUT2D eigenvalue weighted by Gasteiger charge is -2.39. The van der Waals surface area contributed by atoms with Crippen molar-refractivity contribution < 1.29 is 14.3 Å². The number of rotatable bonds is 4. The van der Waals surface area contributed by atoms with E-state index in [0.29, 0.717) is 19.7 Å². The van der Waals surface area contributed by atoms with E-state index in [-0.39, 0.29) is 18.4 Å². The van der Waals surface area contributed by atoms with Gasteiger partial charge in [0.25, 0.3) is 0 Å². The molecule has 1 rings (SSSR count). The Morgan fingerprint density at radius 1 is 1.44 bits per heavy atom. The van der Waals surface area contributed by atoms with Crippen molar-refractivity contribution in [3.63, 3.8) is 0 Å². The first kappa shape index (κ1) is 14.9. The van der Waals surface area contributed by atoms with Gasteiger partial charge in [0.1, 0.15) is 6.04 Å². The van der Waals surface area contributed by atoms with E-state index in [4.69, 9.17) is 4.74 Å². The Hall–Kier alpha value is -1.14. The van der Waals surface area contributed by atoms with Gasteiger partial charge in [-0.1, -0.05) is 0 Å². The van der Waals surface area contributed by atoms with Crippen LogP contribution in [0.25, 0.3) is 0 Å². The van der Waals surface area contributed by atoms with Crippen molar-refractivity contribution in [2.75, 3.05) is 33.4 Å². The summed E-state index contributed by atoms with van der Waals surface area (Å²) in [6.07, 6.45) is 0. The van der Waals surface area contributed by atoms with Crippen LogP contribution in [0.5, 0.6) is 0 Å². The molecular formula is C12H23N3O3. The average molecular weight is 257 g/mol. The molecule has 1 saturated heterocycles. The lowest BCUT2D eigenvalue weighted by atomic mass is 10.0. The van der Waals surface area contributed by atoms with Gasteiger partial charge in [0, 0.05) is 13.1 Å². The fourth-order valence-electron chi connectivity index (χ4n) is 1.82. The first-order chi connectivity index (χ1) is 8.44. The fourth-order valence-corrected chi connectivity index (χ4v) is 1.82. The van der Waals surface area contributed by atoms with E-state index in [1.54, 1.807) is 25.8 Å². The van der Waals surface area contributed by atoms with Gasteiger partial charge >= 0.3 is 0 Å². The number of ether oxygens (including phenoxy) is 1. The molecule has 0 bridgehead atoms. The van der Waals surface area contributed by atoms with Gasteiger partial charge < -0.3 is 20.3 Å². The Kier molecular flexibility index (Phi) is 5.10. The topological polar surface area (TPSA) is 70.7 Å². The van der Waals surface area contributed by atoms with Crippen molar-refractivity contribution in [1.29, 1.82) is 0 Å². The van der Waals surface area contributed by atoms with Gasteiger partial charge in [0.05, 0.1) is 18.8 Å². The van der Waals surface area contributed by atoms with Crippen molar-refractivity contribution in [3.05, 3.63) is 0 Å². The first-order valence-electron chi connectivity index (χ1n) is 6.29. The van der Waals surface area contributed by atoms with E-state index in [1.165, 1.54) is 0 Å². The third kappa shape index (κ3) is 3.20. The summed E-state index contributed by atoms with van der Waals surface area (Å²) in [5, 5.41) is 5.70. The van der Waals surface area contributed by atoms with E-state index in [2.05, 4.69) is 10.6 Å². The van der Waals surface area contributed by atoms with Gasteiger partial charge in [-0.3, -0.25) is 9.59 Å². The zero-order chi connectivity index (χ0) is 13.8. The normalized spacial score (nSPS) is 20.7. The molecule has 2 N–H and O–H groups in total. The van der Waals surface area contributed by atoms with Crippen LogP contribution in [0.1, 0.15) is 20.8 Å². The van der Waals surface area contributed by atoms with Crippen molar-refractivity contribution in [3.8, 4) is 0 Å². The number of hydrogen-bond donors (Lipinski definition) is 2. The molecule has 1 unspecified atom stereocenters. The molecule has 1 heterocycles. The minimum absolute atomic E-state index is 0.0791. The molecule has 1 aliphatic rings. The molecule has 6 heteroatoms. The molecule has 0 saturated carbocycles. The summed E-state index contributed by atoms with van der Waals surface area (Å²) < 4.78 is 5.30. The maximum Gasteiger partial charge on any atom is 0.245 e. The summed E-state index contributed by atoms with van der Waals surface area (Å²) >= 11 is 0. The van der Waals surface area contributed by atoms with Crippen LogP contribution in [0.2, 0.25) is 0 Å². The van der Waals surface area contributed by atoms with Crippen LogP contribution >= 0.6 is 0 Å². The van der Waals surface area contributed by atoms with E-state index in [0.717, 1.165) is 0 Å². The average Bonchev–Trinajstić information content (AvgIpc) is 2.38. The lowest BCUT2D eigenvalue weighted by molar-refractivity contribution is -0.152. The minimum Gasteiger partial charge on any atom is -0.377 e. The summed E-state index contributed by atoms with van der Waals surface area (Å²) in [4.78, 5) is 25.9. The third-order valence-corrected chi connectivity index (χ3v) is 3.20. The quantitative estimate of drug-likeness (QED) is 0.702. The summed E-state index contributed by atoms with van der Waals surface area (Å²) in [5.74, 6) is -0.234. The molecular weight excluding hydrogens is 234 g/mol. The van der Waals surface area contributed by atoms with E-state index in [9.17, 15) is 9.59 Å². The van der Waals surface area contributed by atoms with E-state index in [1.807, 2.05) is 6.92 Å². The summed E-state index contributed by atoms with van der Waals surface area (Å²) in [5.41, 5.74) is -0.678. The van der Waals surface area contributed by atoms with Gasteiger partial charge in [0.15, 0.2) is 0 Å². The predicted molar refractivity (Wildman–Crippen MR) is 68.1 cm³/mol. The molecule has 0 aromatic heterocycles. The standard InChI is InChI=1S/C12H23N3O3/c1-5-14-10(16)9-8-18-7-6-15(9)11(17)12(2,3)13-4/h9,13H,5-8H2,1-4H3,(H,14,16). The molecule has 0 aromatic carbocycles. The Bertz CT molecular complexity index is 318. The molecule has 104 valence electrons. The Balaban J connectivity index is 2.82. The number of carbonyl (C=O) groups is 2. The third-order valence-electron chi connectivity index (χ3n) is 3.20. The number of nitrogens with one attached hydrogen (secondary N) is 2. The van der Waals surface area contributed by atoms with Gasteiger partial charge in [-0.05, 0) is 27.8 Å². The molecule has 0 aliphatic carbocycles. The number of carbonyl (C=O) groups excluding carboxylic acids is 2. The van der Waals surface area contributed by atoms with Crippen LogP contribution in [0.15, 0.2) is 0 Å². The molecule has 1 fully saturated rings. The van der Waals surface area contributed by atoms with Crippen LogP contribution in [-0.2, 0) is 14.3 Å². The summed E-state index contributed by atoms with van der Waals surface area (Å²) in [6.45, 7) is 7.20. The van der Waals surface area contributed by atoms with Crippen LogP contribution in [0.4, 0.5) is 0 Å². The van der Waals surface area contributed by atoms with Crippen molar-refractivity contribution in [1.82, 2.24) is 15.5 Å². The first-order valence-corrected chi connectivity index (χ1v) is 6.29. The molecule has 1 atom stereocenters. The minimum atomic E-state index is -0.678. The highest BCUT2D eigenvalue weighted by Gasteiger charge is 2.38. The second kappa shape index (κ2) is 6.15. The second-order valence-electron chi connectivity index (χ2n) is 4.86. The van der Waals surface area contributed by atoms with Gasteiger partial charge in [-0.2, -0.15) is 0 Å². The van der Waals surface area contributed by atoms with E-state index < -0.39 is 11.6 Å². The number of likely N-dealkylation sites (N-methyl/N-ethyl adjacent to an activating group) is 2. The van der Waals surface area contributed by atoms with Crippen LogP contribution in [0, 0.1) is 0 Å². The lowest BCUT2D eigenvalue weighted by Crippen LogP contribution is -2.62. The monoisotopic (exact) mass is 257 g/mol. The molecule has 1 aliphatic heterocycles. The smallest absolute Gasteiger partial charge is 0.245 e. The molecule has 18 heavy (non-hydrogen) atoms. The highest BCUT2D eigenvalue weighted by Crippen LogP contribution is 2.14. The van der Waals surface area contributed by atoms with Crippen molar-refractivity contribution in [2.45, 2.75) is 32.4 Å². The molecule has 0 spiro atoms. The van der Waals surface area contributed by atoms with Gasteiger partial charge in [0.2, 0.25) is 11.8 Å². The SMILES string of the molecule is CCNC(=O)C1COCCN1C(=O)C(C)(C)NC. The Morgan fingerprint density at radius 2 is 2.11 bits per heavy atom. The van der Waals surface area contributed by atoms with Crippen molar-refractivity contribution >= 4 is 11.8 Å². The van der Waals surface area contributed by atoms with Crippen LogP contribution in [0.3, 0.4) is 0 Å². The van der Waals surface area contributed by atoms with Crippen LogP contribution in [-0.4, -0.2) is 61.6 Å². The summed E-state index contributed by atoms with van der Waals surface area (Å²) in [6, 6.07) is -0.529. The largest absolute Gasteiger partial charge is 0.377 e. The zero-order valence-electron chi connectivity index (χ0n) is 11.6. The maximum atomic E-state index is 12.4. The predicted octanol–water partition coefficient (Wildman–Crippen LogP) is -0.652. The number of nitrogens with zero attached hydrogens (tertiary/aromatic N) is 1. The fraction of sp³-hybridized carbons (Fsp3) is 0.833. The number of morpholine rings is 1.